The summed E-state index contributed by atoms with van der Waals surface area (Å²) in [6, 6.07) is 9.21. The van der Waals surface area contributed by atoms with E-state index in [4.69, 9.17) is 4.42 Å². The van der Waals surface area contributed by atoms with Gasteiger partial charge in [0.25, 0.3) is 5.91 Å². The number of furan rings is 1. The minimum absolute atomic E-state index is 0.0458. The molecule has 6 nitrogen and oxygen atoms in total. The Bertz CT molecular complexity index is 1210. The molecule has 0 aliphatic carbocycles. The number of rotatable bonds is 3. The lowest BCUT2D eigenvalue weighted by Crippen LogP contribution is -2.15. The highest BCUT2D eigenvalue weighted by Crippen LogP contribution is 2.33. The predicted molar refractivity (Wildman–Crippen MR) is 99.6 cm³/mol. The van der Waals surface area contributed by atoms with Crippen LogP contribution in [-0.4, -0.2) is 20.5 Å². The average Bonchev–Trinajstić information content (AvgIpc) is 3.32. The molecule has 4 aromatic rings. The molecule has 0 fully saturated rings. The first-order chi connectivity index (χ1) is 13.7. The highest BCUT2D eigenvalue weighted by Gasteiger charge is 2.36. The zero-order chi connectivity index (χ0) is 20.8. The van der Waals surface area contributed by atoms with E-state index in [9.17, 15) is 18.0 Å². The second kappa shape index (κ2) is 6.77. The van der Waals surface area contributed by atoms with Gasteiger partial charge in [0.2, 0.25) is 0 Å². The summed E-state index contributed by atoms with van der Waals surface area (Å²) in [6.07, 6.45) is -2.30. The second-order valence-electron chi connectivity index (χ2n) is 6.55. The maximum absolute atomic E-state index is 13.6. The summed E-state index contributed by atoms with van der Waals surface area (Å²) in [5, 5.41) is 6.42. The van der Waals surface area contributed by atoms with Crippen LogP contribution in [-0.2, 0) is 6.18 Å². The van der Waals surface area contributed by atoms with Crippen molar-refractivity contribution in [2.45, 2.75) is 20.0 Å². The van der Waals surface area contributed by atoms with Crippen LogP contribution < -0.4 is 5.32 Å². The van der Waals surface area contributed by atoms with Crippen LogP contribution in [0.15, 0.2) is 53.3 Å². The molecule has 1 amide bonds. The highest BCUT2D eigenvalue weighted by atomic mass is 19.4. The van der Waals surface area contributed by atoms with Gasteiger partial charge in [-0.05, 0) is 55.3 Å². The molecule has 0 spiro atoms. The lowest BCUT2D eigenvalue weighted by Gasteiger charge is -2.11. The molecule has 0 saturated carbocycles. The molecule has 0 radical (unpaired) electrons. The topological polar surface area (TPSA) is 72.4 Å². The number of hydrogen-bond acceptors (Lipinski definition) is 4. The number of aryl methyl sites for hydroxylation is 2. The number of halogens is 3. The lowest BCUT2D eigenvalue weighted by molar-refractivity contribution is -0.142. The molecule has 3 heterocycles. The average molecular weight is 400 g/mol. The molecular formula is C20H15F3N4O2. The van der Waals surface area contributed by atoms with Gasteiger partial charge in [-0.3, -0.25) is 4.79 Å². The van der Waals surface area contributed by atoms with Gasteiger partial charge in [-0.2, -0.15) is 18.3 Å². The van der Waals surface area contributed by atoms with Gasteiger partial charge in [-0.15, -0.1) is 0 Å². The summed E-state index contributed by atoms with van der Waals surface area (Å²) < 4.78 is 46.5. The smallest absolute Gasteiger partial charge is 0.433 e. The molecule has 3 aromatic heterocycles. The number of hydrogen-bond donors (Lipinski definition) is 1. The Balaban J connectivity index is 1.81. The highest BCUT2D eigenvalue weighted by molar-refractivity contribution is 6.08. The zero-order valence-electron chi connectivity index (χ0n) is 15.4. The molecule has 29 heavy (non-hydrogen) atoms. The standard InChI is InChI=1S/C20H15F3N4O2/c1-11-5-6-13(8-12(11)2)25-19(28)14-10-24-27-17(20(21,22)23)9-15(26-18(14)27)16-4-3-7-29-16/h3-10H,1-2H3,(H,25,28). The maximum atomic E-state index is 13.6. The minimum atomic E-state index is -4.70. The van der Waals surface area contributed by atoms with Gasteiger partial charge in [0.05, 0.1) is 12.5 Å². The molecule has 1 N–H and O–H groups in total. The van der Waals surface area contributed by atoms with E-state index in [0.29, 0.717) is 10.2 Å². The van der Waals surface area contributed by atoms with Gasteiger partial charge in [-0.1, -0.05) is 6.07 Å². The number of nitrogens with one attached hydrogen (secondary N) is 1. The molecule has 0 saturated heterocycles. The molecule has 0 unspecified atom stereocenters. The van der Waals surface area contributed by atoms with E-state index in [0.717, 1.165) is 23.4 Å². The number of anilines is 1. The quantitative estimate of drug-likeness (QED) is 0.532. The van der Waals surface area contributed by atoms with Crippen molar-refractivity contribution in [3.8, 4) is 11.5 Å². The van der Waals surface area contributed by atoms with E-state index in [1.807, 2.05) is 19.9 Å². The number of amides is 1. The molecule has 4 rings (SSSR count). The van der Waals surface area contributed by atoms with Crippen molar-refractivity contribution >= 4 is 17.2 Å². The van der Waals surface area contributed by atoms with Crippen molar-refractivity contribution in [2.75, 3.05) is 5.32 Å². The van der Waals surface area contributed by atoms with Crippen LogP contribution in [0.3, 0.4) is 0 Å². The third kappa shape index (κ3) is 3.46. The Morgan fingerprint density at radius 2 is 1.93 bits per heavy atom. The van der Waals surface area contributed by atoms with Crippen LogP contribution in [0.25, 0.3) is 17.1 Å². The summed E-state index contributed by atoms with van der Waals surface area (Å²) in [7, 11) is 0. The van der Waals surface area contributed by atoms with Gasteiger partial charge >= 0.3 is 6.18 Å². The number of carbonyl (C=O) groups excluding carboxylic acids is 1. The van der Waals surface area contributed by atoms with Crippen molar-refractivity contribution in [3.63, 3.8) is 0 Å². The van der Waals surface area contributed by atoms with Gasteiger partial charge in [0.15, 0.2) is 17.1 Å². The maximum Gasteiger partial charge on any atom is 0.433 e. The Morgan fingerprint density at radius 3 is 2.59 bits per heavy atom. The number of nitrogens with zero attached hydrogens (tertiary/aromatic N) is 3. The Morgan fingerprint density at radius 1 is 1.14 bits per heavy atom. The van der Waals surface area contributed by atoms with Crippen LogP contribution >= 0.6 is 0 Å². The van der Waals surface area contributed by atoms with Crippen molar-refractivity contribution in [1.82, 2.24) is 14.6 Å². The fraction of sp³-hybridized carbons (Fsp3) is 0.150. The van der Waals surface area contributed by atoms with Gasteiger partial charge in [-0.25, -0.2) is 9.50 Å². The van der Waals surface area contributed by atoms with Crippen molar-refractivity contribution in [3.05, 3.63) is 71.2 Å². The first kappa shape index (κ1) is 18.7. The van der Waals surface area contributed by atoms with Crippen molar-refractivity contribution < 1.29 is 22.4 Å². The van der Waals surface area contributed by atoms with Gasteiger partial charge < -0.3 is 9.73 Å². The van der Waals surface area contributed by atoms with E-state index in [1.165, 1.54) is 18.4 Å². The predicted octanol–water partition coefficient (Wildman–Crippen LogP) is 4.88. The molecule has 0 aliphatic heterocycles. The van der Waals surface area contributed by atoms with E-state index >= 15 is 0 Å². The third-order valence-electron chi connectivity index (χ3n) is 4.55. The Hall–Kier alpha value is -3.62. The summed E-state index contributed by atoms with van der Waals surface area (Å²) >= 11 is 0. The number of alkyl halides is 3. The van der Waals surface area contributed by atoms with Crippen molar-refractivity contribution in [2.24, 2.45) is 0 Å². The molecule has 148 valence electrons. The van der Waals surface area contributed by atoms with E-state index in [2.05, 4.69) is 15.4 Å². The fourth-order valence-corrected chi connectivity index (χ4v) is 2.89. The Kier molecular flexibility index (Phi) is 4.37. The molecule has 0 atom stereocenters. The van der Waals surface area contributed by atoms with E-state index in [1.54, 1.807) is 12.1 Å². The normalized spacial score (nSPS) is 11.8. The number of carbonyl (C=O) groups is 1. The summed E-state index contributed by atoms with van der Waals surface area (Å²) in [6.45, 7) is 3.83. The largest absolute Gasteiger partial charge is 0.463 e. The van der Waals surface area contributed by atoms with Crippen LogP contribution in [0, 0.1) is 13.8 Å². The van der Waals surface area contributed by atoms with Crippen LogP contribution in [0.4, 0.5) is 18.9 Å². The molecular weight excluding hydrogens is 385 g/mol. The molecule has 9 heteroatoms. The number of benzene rings is 1. The van der Waals surface area contributed by atoms with Crippen LogP contribution in [0.1, 0.15) is 27.2 Å². The molecule has 0 bridgehead atoms. The summed E-state index contributed by atoms with van der Waals surface area (Å²) in [5.41, 5.74) is 1.15. The molecule has 0 aliphatic rings. The SMILES string of the molecule is Cc1ccc(NC(=O)c2cnn3c(C(F)(F)F)cc(-c4ccco4)nc23)cc1C. The van der Waals surface area contributed by atoms with E-state index in [-0.39, 0.29) is 22.7 Å². The fourth-order valence-electron chi connectivity index (χ4n) is 2.89. The lowest BCUT2D eigenvalue weighted by atomic mass is 10.1. The Labute approximate surface area is 163 Å². The summed E-state index contributed by atoms with van der Waals surface area (Å²) in [5.74, 6) is -0.458. The van der Waals surface area contributed by atoms with E-state index < -0.39 is 17.8 Å². The minimum Gasteiger partial charge on any atom is -0.463 e. The van der Waals surface area contributed by atoms with Crippen molar-refractivity contribution in [1.29, 1.82) is 0 Å². The second-order valence-corrected chi connectivity index (χ2v) is 6.55. The molecule has 1 aromatic carbocycles. The summed E-state index contributed by atoms with van der Waals surface area (Å²) in [4.78, 5) is 16.9. The monoisotopic (exact) mass is 400 g/mol. The number of fused-ring (bicyclic) bond motifs is 1. The third-order valence-corrected chi connectivity index (χ3v) is 4.55. The number of aromatic nitrogens is 3. The van der Waals surface area contributed by atoms with Gasteiger partial charge in [0, 0.05) is 5.69 Å². The van der Waals surface area contributed by atoms with Crippen LogP contribution in [0.2, 0.25) is 0 Å². The zero-order valence-corrected chi connectivity index (χ0v) is 15.4. The van der Waals surface area contributed by atoms with Crippen LogP contribution in [0.5, 0.6) is 0 Å². The first-order valence-electron chi connectivity index (χ1n) is 8.62. The van der Waals surface area contributed by atoms with Gasteiger partial charge in [0.1, 0.15) is 11.3 Å². The first-order valence-corrected chi connectivity index (χ1v) is 8.62.